The second-order valence-electron chi connectivity index (χ2n) is 3.32. The second-order valence-corrected chi connectivity index (χ2v) is 4.32. The van der Waals surface area contributed by atoms with Gasteiger partial charge in [0.05, 0.1) is 6.61 Å². The van der Waals surface area contributed by atoms with Crippen LogP contribution in [0.5, 0.6) is 10.8 Å². The van der Waals surface area contributed by atoms with Crippen molar-refractivity contribution in [2.75, 3.05) is 12.3 Å². The molecule has 2 aromatic rings. The highest BCUT2D eigenvalue weighted by atomic mass is 32.1. The molecule has 1 aromatic heterocycles. The Balaban J connectivity index is 2.25. The molecule has 0 bridgehead atoms. The van der Waals surface area contributed by atoms with Crippen LogP contribution in [-0.4, -0.2) is 17.6 Å². The first kappa shape index (κ1) is 12.4. The van der Waals surface area contributed by atoms with Gasteiger partial charge >= 0.3 is 5.97 Å². The van der Waals surface area contributed by atoms with Gasteiger partial charge < -0.3 is 15.2 Å². The number of rotatable bonds is 4. The Kier molecular flexibility index (Phi) is 3.78. The van der Waals surface area contributed by atoms with Gasteiger partial charge in [0.2, 0.25) is 10.8 Å². The fourth-order valence-corrected chi connectivity index (χ4v) is 2.01. The summed E-state index contributed by atoms with van der Waals surface area (Å²) >= 11 is 1.11. The summed E-state index contributed by atoms with van der Waals surface area (Å²) in [7, 11) is 0. The molecule has 0 spiro atoms. The van der Waals surface area contributed by atoms with Crippen LogP contribution in [0.25, 0.3) is 0 Å². The van der Waals surface area contributed by atoms with Gasteiger partial charge in [0.1, 0.15) is 5.75 Å². The van der Waals surface area contributed by atoms with E-state index < -0.39 is 5.97 Å². The van der Waals surface area contributed by atoms with E-state index in [-0.39, 0.29) is 17.4 Å². The monoisotopic (exact) mass is 264 g/mol. The normalized spacial score (nSPS) is 10.1. The molecule has 0 atom stereocenters. The number of carbonyl (C=O) groups excluding carboxylic acids is 1. The Morgan fingerprint density at radius 2 is 2.11 bits per heavy atom. The number of nitrogens with zero attached hydrogens (tertiary/aromatic N) is 1. The van der Waals surface area contributed by atoms with Gasteiger partial charge in [0.25, 0.3) is 0 Å². The smallest absolute Gasteiger partial charge is 0.361 e. The molecular weight excluding hydrogens is 252 g/mol. The molecule has 1 aromatic carbocycles. The van der Waals surface area contributed by atoms with Crippen molar-refractivity contribution in [3.8, 4) is 10.8 Å². The first-order valence-electron chi connectivity index (χ1n) is 5.37. The van der Waals surface area contributed by atoms with E-state index in [1.54, 1.807) is 19.1 Å². The molecule has 0 fully saturated rings. The van der Waals surface area contributed by atoms with Gasteiger partial charge in [-0.2, -0.15) is 0 Å². The number of benzene rings is 1. The minimum Gasteiger partial charge on any atom is -0.461 e. The molecule has 1 heterocycles. The number of hydrogen-bond acceptors (Lipinski definition) is 6. The molecule has 5 nitrogen and oxygen atoms in total. The van der Waals surface area contributed by atoms with Gasteiger partial charge in [0, 0.05) is 0 Å². The minimum atomic E-state index is -0.531. The number of aromatic nitrogens is 1. The van der Waals surface area contributed by atoms with Crippen molar-refractivity contribution in [1.82, 2.24) is 4.98 Å². The Morgan fingerprint density at radius 1 is 1.39 bits per heavy atom. The van der Waals surface area contributed by atoms with Crippen molar-refractivity contribution in [1.29, 1.82) is 0 Å². The summed E-state index contributed by atoms with van der Waals surface area (Å²) < 4.78 is 10.5. The summed E-state index contributed by atoms with van der Waals surface area (Å²) in [5.74, 6) is 0.0862. The topological polar surface area (TPSA) is 74.4 Å². The standard InChI is InChI=1S/C12H12N2O3S/c1-2-16-10(15)9-11(18-12(13)14-9)17-8-6-4-3-5-7-8/h3-7H,2H2,1H3,(H2,13,14). The van der Waals surface area contributed by atoms with Crippen molar-refractivity contribution in [3.05, 3.63) is 36.0 Å². The lowest BCUT2D eigenvalue weighted by atomic mass is 10.3. The molecule has 0 saturated carbocycles. The number of esters is 1. The highest BCUT2D eigenvalue weighted by Gasteiger charge is 2.20. The van der Waals surface area contributed by atoms with Crippen LogP contribution in [0.3, 0.4) is 0 Å². The lowest BCUT2D eigenvalue weighted by molar-refractivity contribution is 0.0518. The summed E-state index contributed by atoms with van der Waals surface area (Å²) in [5.41, 5.74) is 5.70. The van der Waals surface area contributed by atoms with Crippen LogP contribution in [0.2, 0.25) is 0 Å². The number of anilines is 1. The number of carbonyl (C=O) groups is 1. The maximum absolute atomic E-state index is 11.7. The number of hydrogen-bond donors (Lipinski definition) is 1. The summed E-state index contributed by atoms with van der Waals surface area (Å²) in [6.07, 6.45) is 0. The lowest BCUT2D eigenvalue weighted by Crippen LogP contribution is -2.06. The predicted octanol–water partition coefficient (Wildman–Crippen LogP) is 2.69. The summed E-state index contributed by atoms with van der Waals surface area (Å²) in [6, 6.07) is 9.11. The number of ether oxygens (including phenoxy) is 2. The first-order valence-corrected chi connectivity index (χ1v) is 6.18. The third-order valence-corrected chi connectivity index (χ3v) is 2.80. The van der Waals surface area contributed by atoms with Crippen LogP contribution in [0.15, 0.2) is 30.3 Å². The van der Waals surface area contributed by atoms with Crippen molar-refractivity contribution >= 4 is 22.4 Å². The zero-order valence-corrected chi connectivity index (χ0v) is 10.6. The Bertz CT molecular complexity index is 540. The van der Waals surface area contributed by atoms with Gasteiger partial charge in [-0.15, -0.1) is 0 Å². The molecule has 2 N–H and O–H groups in total. The second kappa shape index (κ2) is 5.50. The summed E-state index contributed by atoms with van der Waals surface area (Å²) in [4.78, 5) is 15.6. The predicted molar refractivity (Wildman–Crippen MR) is 69.0 cm³/mol. The molecule has 0 aliphatic heterocycles. The number of para-hydroxylation sites is 1. The zero-order valence-electron chi connectivity index (χ0n) is 9.75. The van der Waals surface area contributed by atoms with E-state index in [0.717, 1.165) is 11.3 Å². The maximum atomic E-state index is 11.7. The van der Waals surface area contributed by atoms with Crippen LogP contribution in [-0.2, 0) is 4.74 Å². The highest BCUT2D eigenvalue weighted by Crippen LogP contribution is 2.33. The van der Waals surface area contributed by atoms with E-state index in [2.05, 4.69) is 4.98 Å². The SMILES string of the molecule is CCOC(=O)c1nc(N)sc1Oc1ccccc1. The molecular formula is C12H12N2O3S. The van der Waals surface area contributed by atoms with Crippen molar-refractivity contribution < 1.29 is 14.3 Å². The van der Waals surface area contributed by atoms with E-state index >= 15 is 0 Å². The van der Waals surface area contributed by atoms with Gasteiger partial charge in [-0.1, -0.05) is 29.5 Å². The van der Waals surface area contributed by atoms with Crippen LogP contribution in [0.4, 0.5) is 5.13 Å². The number of nitrogens with two attached hydrogens (primary N) is 1. The fraction of sp³-hybridized carbons (Fsp3) is 0.167. The molecule has 18 heavy (non-hydrogen) atoms. The van der Waals surface area contributed by atoms with Crippen molar-refractivity contribution in [2.45, 2.75) is 6.92 Å². The molecule has 0 radical (unpaired) electrons. The van der Waals surface area contributed by atoms with E-state index in [0.29, 0.717) is 10.8 Å². The molecule has 94 valence electrons. The average molecular weight is 264 g/mol. The Morgan fingerprint density at radius 3 is 2.78 bits per heavy atom. The average Bonchev–Trinajstić information content (AvgIpc) is 2.72. The van der Waals surface area contributed by atoms with Gasteiger partial charge in [-0.25, -0.2) is 9.78 Å². The van der Waals surface area contributed by atoms with Crippen LogP contribution < -0.4 is 10.5 Å². The van der Waals surface area contributed by atoms with E-state index in [1.165, 1.54) is 0 Å². The quantitative estimate of drug-likeness (QED) is 0.859. The van der Waals surface area contributed by atoms with Crippen molar-refractivity contribution in [2.24, 2.45) is 0 Å². The maximum Gasteiger partial charge on any atom is 0.361 e. The van der Waals surface area contributed by atoms with E-state index in [9.17, 15) is 4.79 Å². The number of nitrogen functional groups attached to an aromatic ring is 1. The molecule has 6 heteroatoms. The summed E-state index contributed by atoms with van der Waals surface area (Å²) in [5, 5.41) is 0.612. The van der Waals surface area contributed by atoms with Crippen molar-refractivity contribution in [3.63, 3.8) is 0 Å². The van der Waals surface area contributed by atoms with Crippen LogP contribution in [0.1, 0.15) is 17.4 Å². The largest absolute Gasteiger partial charge is 0.461 e. The van der Waals surface area contributed by atoms with Gasteiger partial charge in [0.15, 0.2) is 5.13 Å². The Labute approximate surface area is 108 Å². The number of thiazole rings is 1. The third kappa shape index (κ3) is 2.78. The molecule has 0 unspecified atom stereocenters. The van der Waals surface area contributed by atoms with Gasteiger partial charge in [-0.3, -0.25) is 0 Å². The highest BCUT2D eigenvalue weighted by molar-refractivity contribution is 7.17. The fourth-order valence-electron chi connectivity index (χ4n) is 1.32. The van der Waals surface area contributed by atoms with E-state index in [4.69, 9.17) is 15.2 Å². The molecule has 0 aliphatic carbocycles. The Hall–Kier alpha value is -2.08. The lowest BCUT2D eigenvalue weighted by Gasteiger charge is -2.04. The van der Waals surface area contributed by atoms with Crippen LogP contribution >= 0.6 is 11.3 Å². The van der Waals surface area contributed by atoms with Gasteiger partial charge in [-0.05, 0) is 19.1 Å². The zero-order chi connectivity index (χ0) is 13.0. The van der Waals surface area contributed by atoms with Crippen LogP contribution in [0, 0.1) is 0 Å². The molecule has 2 rings (SSSR count). The third-order valence-electron chi connectivity index (χ3n) is 2.04. The molecule has 0 saturated heterocycles. The minimum absolute atomic E-state index is 0.114. The molecule has 0 aliphatic rings. The van der Waals surface area contributed by atoms with E-state index in [1.807, 2.05) is 18.2 Å². The first-order chi connectivity index (χ1) is 8.70. The summed E-state index contributed by atoms with van der Waals surface area (Å²) in [6.45, 7) is 2.01. The molecule has 0 amide bonds.